The van der Waals surface area contributed by atoms with Crippen molar-refractivity contribution in [1.29, 1.82) is 0 Å². The Bertz CT molecular complexity index is 600. The molecule has 0 aliphatic heterocycles. The molecular weight excluding hydrogens is 289 g/mol. The van der Waals surface area contributed by atoms with Gasteiger partial charge < -0.3 is 10.1 Å². The van der Waals surface area contributed by atoms with Gasteiger partial charge in [0.05, 0.1) is 7.11 Å². The average molecular weight is 308 g/mol. The molecule has 0 bridgehead atoms. The van der Waals surface area contributed by atoms with Gasteiger partial charge >= 0.3 is 0 Å². The maximum absolute atomic E-state index is 13.7. The van der Waals surface area contributed by atoms with Crippen LogP contribution in [0.5, 0.6) is 5.75 Å². The van der Waals surface area contributed by atoms with Crippen molar-refractivity contribution in [1.82, 2.24) is 5.32 Å². The predicted octanol–water partition coefficient (Wildman–Crippen LogP) is 4.90. The number of nitrogens with one attached hydrogen (secondary N) is 1. The van der Waals surface area contributed by atoms with Crippen LogP contribution in [-0.4, -0.2) is 7.11 Å². The fraction of sp³-hybridized carbons (Fsp3) is 0.294. The zero-order valence-corrected chi connectivity index (χ0v) is 13.1. The molecule has 2 aromatic carbocycles. The van der Waals surface area contributed by atoms with E-state index in [1.54, 1.807) is 6.07 Å². The Balaban J connectivity index is 2.08. The molecule has 4 heteroatoms. The molecule has 0 saturated heterocycles. The van der Waals surface area contributed by atoms with Crippen LogP contribution in [0.2, 0.25) is 5.02 Å². The first-order chi connectivity index (χ1) is 10.0. The third-order valence-electron chi connectivity index (χ3n) is 3.55. The number of methoxy groups -OCH3 is 1. The Morgan fingerprint density at radius 2 is 1.57 bits per heavy atom. The molecule has 2 nitrogen and oxygen atoms in total. The van der Waals surface area contributed by atoms with E-state index in [2.05, 4.69) is 12.2 Å². The first-order valence-corrected chi connectivity index (χ1v) is 7.24. The molecule has 0 aliphatic carbocycles. The van der Waals surface area contributed by atoms with Crippen LogP contribution in [0, 0.1) is 5.82 Å². The third kappa shape index (κ3) is 3.96. The molecule has 0 fully saturated rings. The Morgan fingerprint density at radius 3 is 2.14 bits per heavy atom. The summed E-state index contributed by atoms with van der Waals surface area (Å²) in [4.78, 5) is 0. The van der Waals surface area contributed by atoms with Gasteiger partial charge in [0.1, 0.15) is 0 Å². The van der Waals surface area contributed by atoms with E-state index in [1.807, 2.05) is 37.3 Å². The minimum atomic E-state index is -0.345. The summed E-state index contributed by atoms with van der Waals surface area (Å²) < 4.78 is 18.7. The summed E-state index contributed by atoms with van der Waals surface area (Å²) in [7, 11) is 1.46. The van der Waals surface area contributed by atoms with Gasteiger partial charge in [0.25, 0.3) is 0 Å². The van der Waals surface area contributed by atoms with Crippen molar-refractivity contribution in [2.75, 3.05) is 7.11 Å². The quantitative estimate of drug-likeness (QED) is 0.848. The second kappa shape index (κ2) is 6.92. The van der Waals surface area contributed by atoms with Gasteiger partial charge in [-0.2, -0.15) is 0 Å². The Morgan fingerprint density at radius 1 is 1.00 bits per heavy atom. The highest BCUT2D eigenvalue weighted by Crippen LogP contribution is 2.24. The van der Waals surface area contributed by atoms with Crippen LogP contribution in [0.1, 0.15) is 37.1 Å². The molecular formula is C17H19ClFNO. The molecule has 2 rings (SSSR count). The van der Waals surface area contributed by atoms with Crippen LogP contribution in [0.15, 0.2) is 42.5 Å². The van der Waals surface area contributed by atoms with E-state index in [9.17, 15) is 4.39 Å². The summed E-state index contributed by atoms with van der Waals surface area (Å²) in [5, 5.41) is 4.16. The molecule has 0 aliphatic rings. The third-order valence-corrected chi connectivity index (χ3v) is 3.80. The highest BCUT2D eigenvalue weighted by Gasteiger charge is 2.13. The van der Waals surface area contributed by atoms with E-state index >= 15 is 0 Å². The van der Waals surface area contributed by atoms with Gasteiger partial charge in [-0.15, -0.1) is 0 Å². The lowest BCUT2D eigenvalue weighted by Crippen LogP contribution is -2.22. The summed E-state index contributed by atoms with van der Waals surface area (Å²) in [6.07, 6.45) is 0. The van der Waals surface area contributed by atoms with Crippen LogP contribution < -0.4 is 10.1 Å². The van der Waals surface area contributed by atoms with Gasteiger partial charge in [-0.1, -0.05) is 29.8 Å². The molecule has 0 amide bonds. The van der Waals surface area contributed by atoms with Crippen LogP contribution in [0.4, 0.5) is 4.39 Å². The molecule has 2 unspecified atom stereocenters. The second-order valence-corrected chi connectivity index (χ2v) is 5.49. The number of benzene rings is 2. The van der Waals surface area contributed by atoms with E-state index in [0.29, 0.717) is 0 Å². The Labute approximate surface area is 129 Å². The van der Waals surface area contributed by atoms with Gasteiger partial charge in [-0.05, 0) is 49.2 Å². The standard InChI is InChI=1S/C17H19ClFNO/c1-11(13-4-7-15(18)8-5-13)20-12(2)14-6-9-17(21-3)16(19)10-14/h4-12,20H,1-3H3. The molecule has 0 heterocycles. The van der Waals surface area contributed by atoms with Gasteiger partial charge in [0, 0.05) is 17.1 Å². The number of hydrogen-bond acceptors (Lipinski definition) is 2. The number of ether oxygens (including phenoxy) is 1. The molecule has 21 heavy (non-hydrogen) atoms. The van der Waals surface area contributed by atoms with E-state index in [-0.39, 0.29) is 23.7 Å². The largest absolute Gasteiger partial charge is 0.494 e. The van der Waals surface area contributed by atoms with Crippen molar-refractivity contribution in [3.8, 4) is 5.75 Å². The Hall–Kier alpha value is -1.58. The van der Waals surface area contributed by atoms with Gasteiger partial charge in [0.15, 0.2) is 11.6 Å². The molecule has 2 aromatic rings. The summed E-state index contributed by atoms with van der Waals surface area (Å²) in [6, 6.07) is 12.9. The first-order valence-electron chi connectivity index (χ1n) is 6.86. The van der Waals surface area contributed by atoms with Crippen molar-refractivity contribution < 1.29 is 9.13 Å². The minimum absolute atomic E-state index is 0.0242. The SMILES string of the molecule is COc1ccc(C(C)NC(C)c2ccc(Cl)cc2)cc1F. The average Bonchev–Trinajstić information content (AvgIpc) is 2.47. The van der Waals surface area contributed by atoms with Crippen molar-refractivity contribution in [2.45, 2.75) is 25.9 Å². The normalized spacial score (nSPS) is 13.8. The van der Waals surface area contributed by atoms with E-state index in [1.165, 1.54) is 13.2 Å². The van der Waals surface area contributed by atoms with Crippen LogP contribution in [0.25, 0.3) is 0 Å². The fourth-order valence-corrected chi connectivity index (χ4v) is 2.40. The predicted molar refractivity (Wildman–Crippen MR) is 84.4 cm³/mol. The maximum Gasteiger partial charge on any atom is 0.165 e. The Kier molecular flexibility index (Phi) is 5.21. The van der Waals surface area contributed by atoms with Crippen molar-refractivity contribution in [3.63, 3.8) is 0 Å². The number of rotatable bonds is 5. The van der Waals surface area contributed by atoms with E-state index in [0.717, 1.165) is 16.1 Å². The number of hydrogen-bond donors (Lipinski definition) is 1. The lowest BCUT2D eigenvalue weighted by Gasteiger charge is -2.21. The van der Waals surface area contributed by atoms with Gasteiger partial charge in [-0.3, -0.25) is 0 Å². The molecule has 0 aromatic heterocycles. The van der Waals surface area contributed by atoms with Crippen molar-refractivity contribution >= 4 is 11.6 Å². The van der Waals surface area contributed by atoms with Gasteiger partial charge in [0.2, 0.25) is 0 Å². The molecule has 1 N–H and O–H groups in total. The monoisotopic (exact) mass is 307 g/mol. The zero-order chi connectivity index (χ0) is 15.4. The second-order valence-electron chi connectivity index (χ2n) is 5.06. The van der Waals surface area contributed by atoms with Crippen LogP contribution in [0.3, 0.4) is 0 Å². The summed E-state index contributed by atoms with van der Waals surface area (Å²) in [5.74, 6) is -0.0838. The lowest BCUT2D eigenvalue weighted by atomic mass is 10.0. The first kappa shape index (κ1) is 15.8. The lowest BCUT2D eigenvalue weighted by molar-refractivity contribution is 0.385. The van der Waals surface area contributed by atoms with E-state index < -0.39 is 0 Å². The molecule has 112 valence electrons. The topological polar surface area (TPSA) is 21.3 Å². The van der Waals surface area contributed by atoms with E-state index in [4.69, 9.17) is 16.3 Å². The zero-order valence-electron chi connectivity index (χ0n) is 12.4. The summed E-state index contributed by atoms with van der Waals surface area (Å²) in [6.45, 7) is 4.08. The van der Waals surface area contributed by atoms with Gasteiger partial charge in [-0.25, -0.2) is 4.39 Å². The molecule has 0 radical (unpaired) electrons. The maximum atomic E-state index is 13.7. The summed E-state index contributed by atoms with van der Waals surface area (Å²) >= 11 is 5.89. The fourth-order valence-electron chi connectivity index (χ4n) is 2.27. The van der Waals surface area contributed by atoms with Crippen molar-refractivity contribution in [3.05, 3.63) is 64.4 Å². The number of halogens is 2. The van der Waals surface area contributed by atoms with Crippen LogP contribution in [-0.2, 0) is 0 Å². The van der Waals surface area contributed by atoms with Crippen LogP contribution >= 0.6 is 11.6 Å². The summed E-state index contributed by atoms with van der Waals surface area (Å²) in [5.41, 5.74) is 2.02. The minimum Gasteiger partial charge on any atom is -0.494 e. The highest BCUT2D eigenvalue weighted by molar-refractivity contribution is 6.30. The smallest absolute Gasteiger partial charge is 0.165 e. The highest BCUT2D eigenvalue weighted by atomic mass is 35.5. The molecule has 2 atom stereocenters. The molecule has 0 saturated carbocycles. The molecule has 0 spiro atoms. The van der Waals surface area contributed by atoms with Crippen molar-refractivity contribution in [2.24, 2.45) is 0 Å².